The second-order valence-electron chi connectivity index (χ2n) is 7.67. The number of halogens is 3. The van der Waals surface area contributed by atoms with Crippen LogP contribution in [0, 0.1) is 0 Å². The van der Waals surface area contributed by atoms with Crippen molar-refractivity contribution in [1.82, 2.24) is 10.3 Å². The number of rotatable bonds is 10. The van der Waals surface area contributed by atoms with Gasteiger partial charge in [-0.25, -0.2) is 4.98 Å². The van der Waals surface area contributed by atoms with E-state index in [0.29, 0.717) is 13.1 Å². The average molecular weight is 457 g/mol. The Morgan fingerprint density at radius 2 is 1.64 bits per heavy atom. The standard InChI is InChI=1S/C25H26F3N3O2/c1-2-22(31-23-12-3-17(16-30-23)15-29-14-13-24(32)33)20-6-4-18(5-7-20)19-8-10-21(11-9-19)25(26,27)28/h3-12,16,22,29H,2,13-15H2,1H3,(H,30,31)(H,32,33)/t22-/m1/s1. The van der Waals surface area contributed by atoms with Gasteiger partial charge in [0.2, 0.25) is 0 Å². The molecular weight excluding hydrogens is 431 g/mol. The molecule has 0 saturated carbocycles. The van der Waals surface area contributed by atoms with E-state index in [1.165, 1.54) is 12.1 Å². The number of nitrogens with zero attached hydrogens (tertiary/aromatic N) is 1. The molecule has 1 atom stereocenters. The summed E-state index contributed by atoms with van der Waals surface area (Å²) in [4.78, 5) is 15.0. The second kappa shape index (κ2) is 11.0. The van der Waals surface area contributed by atoms with Crippen molar-refractivity contribution in [2.75, 3.05) is 11.9 Å². The summed E-state index contributed by atoms with van der Waals surface area (Å²) in [7, 11) is 0. The van der Waals surface area contributed by atoms with Crippen molar-refractivity contribution in [3.8, 4) is 11.1 Å². The van der Waals surface area contributed by atoms with Gasteiger partial charge < -0.3 is 15.7 Å². The van der Waals surface area contributed by atoms with Gasteiger partial charge in [0.25, 0.3) is 0 Å². The molecule has 3 aromatic rings. The highest BCUT2D eigenvalue weighted by molar-refractivity contribution is 5.66. The first-order valence-electron chi connectivity index (χ1n) is 10.7. The van der Waals surface area contributed by atoms with Gasteiger partial charge in [0.05, 0.1) is 18.0 Å². The van der Waals surface area contributed by atoms with E-state index in [2.05, 4.69) is 22.5 Å². The summed E-state index contributed by atoms with van der Waals surface area (Å²) in [6.07, 6.45) is -1.70. The molecule has 1 aromatic heterocycles. The summed E-state index contributed by atoms with van der Waals surface area (Å²) >= 11 is 0. The highest BCUT2D eigenvalue weighted by Crippen LogP contribution is 2.31. The summed E-state index contributed by atoms with van der Waals surface area (Å²) in [5, 5.41) is 15.1. The minimum absolute atomic E-state index is 0.0266. The van der Waals surface area contributed by atoms with E-state index in [4.69, 9.17) is 5.11 Å². The number of carboxylic acid groups (broad SMARTS) is 1. The maximum atomic E-state index is 12.8. The fraction of sp³-hybridized carbons (Fsp3) is 0.280. The third kappa shape index (κ3) is 7.05. The molecule has 174 valence electrons. The van der Waals surface area contributed by atoms with Gasteiger partial charge in [0, 0.05) is 19.3 Å². The molecule has 3 N–H and O–H groups in total. The van der Waals surface area contributed by atoms with Crippen LogP contribution in [0.15, 0.2) is 66.9 Å². The number of carbonyl (C=O) groups is 1. The lowest BCUT2D eigenvalue weighted by Crippen LogP contribution is -2.17. The van der Waals surface area contributed by atoms with Gasteiger partial charge in [-0.2, -0.15) is 13.2 Å². The van der Waals surface area contributed by atoms with Gasteiger partial charge in [-0.15, -0.1) is 0 Å². The summed E-state index contributed by atoms with van der Waals surface area (Å²) < 4.78 is 38.3. The predicted molar refractivity (Wildman–Crippen MR) is 122 cm³/mol. The van der Waals surface area contributed by atoms with Gasteiger partial charge in [0.1, 0.15) is 5.82 Å². The van der Waals surface area contributed by atoms with Crippen molar-refractivity contribution in [3.63, 3.8) is 0 Å². The van der Waals surface area contributed by atoms with Gasteiger partial charge in [-0.3, -0.25) is 4.79 Å². The van der Waals surface area contributed by atoms with Crippen LogP contribution in [-0.2, 0) is 17.5 Å². The number of pyridine rings is 1. The topological polar surface area (TPSA) is 74.2 Å². The van der Waals surface area contributed by atoms with Crippen LogP contribution < -0.4 is 10.6 Å². The van der Waals surface area contributed by atoms with Crippen LogP contribution in [0.5, 0.6) is 0 Å². The number of benzene rings is 2. The Labute approximate surface area is 190 Å². The van der Waals surface area contributed by atoms with E-state index in [1.807, 2.05) is 36.4 Å². The number of nitrogens with one attached hydrogen (secondary N) is 2. The van der Waals surface area contributed by atoms with E-state index in [1.54, 1.807) is 6.20 Å². The molecule has 0 aliphatic heterocycles. The first-order chi connectivity index (χ1) is 15.8. The zero-order chi connectivity index (χ0) is 23.8. The van der Waals surface area contributed by atoms with Crippen molar-refractivity contribution in [2.24, 2.45) is 0 Å². The predicted octanol–water partition coefficient (Wildman–Crippen LogP) is 5.89. The van der Waals surface area contributed by atoms with Crippen LogP contribution in [0.3, 0.4) is 0 Å². The molecule has 0 fully saturated rings. The quantitative estimate of drug-likeness (QED) is 0.331. The van der Waals surface area contributed by atoms with Crippen molar-refractivity contribution >= 4 is 11.8 Å². The largest absolute Gasteiger partial charge is 0.481 e. The molecule has 5 nitrogen and oxygen atoms in total. The smallest absolute Gasteiger partial charge is 0.416 e. The first kappa shape index (κ1) is 24.3. The Morgan fingerprint density at radius 3 is 2.15 bits per heavy atom. The van der Waals surface area contributed by atoms with E-state index < -0.39 is 17.7 Å². The second-order valence-corrected chi connectivity index (χ2v) is 7.67. The van der Waals surface area contributed by atoms with E-state index in [9.17, 15) is 18.0 Å². The fourth-order valence-electron chi connectivity index (χ4n) is 3.40. The monoisotopic (exact) mass is 457 g/mol. The molecule has 0 spiro atoms. The van der Waals surface area contributed by atoms with E-state index in [-0.39, 0.29) is 12.5 Å². The molecule has 8 heteroatoms. The molecule has 2 aromatic carbocycles. The summed E-state index contributed by atoms with van der Waals surface area (Å²) in [6, 6.07) is 16.7. The number of aliphatic carboxylic acids is 1. The van der Waals surface area contributed by atoms with Crippen LogP contribution in [0.1, 0.15) is 42.5 Å². The highest BCUT2D eigenvalue weighted by Gasteiger charge is 2.29. The maximum absolute atomic E-state index is 12.8. The van der Waals surface area contributed by atoms with Crippen molar-refractivity contribution < 1.29 is 23.1 Å². The molecule has 0 saturated heterocycles. The number of hydrogen-bond acceptors (Lipinski definition) is 4. The average Bonchev–Trinajstić information content (AvgIpc) is 2.81. The van der Waals surface area contributed by atoms with Crippen molar-refractivity contribution in [3.05, 3.63) is 83.6 Å². The highest BCUT2D eigenvalue weighted by atomic mass is 19.4. The lowest BCUT2D eigenvalue weighted by Gasteiger charge is -2.19. The molecule has 0 aliphatic carbocycles. The normalized spacial score (nSPS) is 12.4. The van der Waals surface area contributed by atoms with Gasteiger partial charge in [-0.1, -0.05) is 49.4 Å². The van der Waals surface area contributed by atoms with Gasteiger partial charge in [-0.05, 0) is 46.9 Å². The fourth-order valence-corrected chi connectivity index (χ4v) is 3.40. The van der Waals surface area contributed by atoms with Crippen LogP contribution in [0.2, 0.25) is 0 Å². The SMILES string of the molecule is CC[C@@H](Nc1ccc(CNCCC(=O)O)cn1)c1ccc(-c2ccc(C(F)(F)F)cc2)cc1. The molecule has 3 rings (SSSR count). The van der Waals surface area contributed by atoms with Crippen LogP contribution in [0.25, 0.3) is 11.1 Å². The maximum Gasteiger partial charge on any atom is 0.416 e. The van der Waals surface area contributed by atoms with Crippen LogP contribution >= 0.6 is 0 Å². The number of carboxylic acids is 1. The molecule has 0 radical (unpaired) electrons. The lowest BCUT2D eigenvalue weighted by molar-refractivity contribution is -0.138. The van der Waals surface area contributed by atoms with E-state index in [0.717, 1.165) is 46.6 Å². The zero-order valence-corrected chi connectivity index (χ0v) is 18.2. The van der Waals surface area contributed by atoms with E-state index >= 15 is 0 Å². The number of hydrogen-bond donors (Lipinski definition) is 3. The number of anilines is 1. The van der Waals surface area contributed by atoms with Crippen LogP contribution in [0.4, 0.5) is 19.0 Å². The Balaban J connectivity index is 1.61. The summed E-state index contributed by atoms with van der Waals surface area (Å²) in [6.45, 7) is 3.00. The number of aromatic nitrogens is 1. The molecule has 1 heterocycles. The minimum atomic E-state index is -4.34. The van der Waals surface area contributed by atoms with Gasteiger partial charge in [0.15, 0.2) is 0 Å². The summed E-state index contributed by atoms with van der Waals surface area (Å²) in [5.74, 6) is -0.110. The Bertz CT molecular complexity index is 1030. The third-order valence-corrected chi connectivity index (χ3v) is 5.26. The third-order valence-electron chi connectivity index (χ3n) is 5.26. The molecule has 33 heavy (non-hydrogen) atoms. The lowest BCUT2D eigenvalue weighted by atomic mass is 9.99. The Morgan fingerprint density at radius 1 is 1.00 bits per heavy atom. The summed E-state index contributed by atoms with van der Waals surface area (Å²) in [5.41, 5.74) is 2.92. The molecule has 0 unspecified atom stereocenters. The zero-order valence-electron chi connectivity index (χ0n) is 18.2. The van der Waals surface area contributed by atoms with Crippen LogP contribution in [-0.4, -0.2) is 22.6 Å². The van der Waals surface area contributed by atoms with Crippen molar-refractivity contribution in [2.45, 2.75) is 38.5 Å². The molecule has 0 aliphatic rings. The van der Waals surface area contributed by atoms with Gasteiger partial charge >= 0.3 is 12.1 Å². The Hall–Kier alpha value is -3.39. The number of alkyl halides is 3. The molecular formula is C25H26F3N3O2. The Kier molecular flexibility index (Phi) is 8.06. The first-order valence-corrected chi connectivity index (χ1v) is 10.7. The molecule has 0 amide bonds. The van der Waals surface area contributed by atoms with Crippen molar-refractivity contribution in [1.29, 1.82) is 0 Å². The molecule has 0 bridgehead atoms. The minimum Gasteiger partial charge on any atom is -0.481 e.